The van der Waals surface area contributed by atoms with Crippen LogP contribution in [0.15, 0.2) is 29.2 Å². The molecule has 3 rings (SSSR count). The molecule has 166 valence electrons. The van der Waals surface area contributed by atoms with Crippen molar-refractivity contribution < 1.29 is 4.79 Å². The molecule has 1 amide bonds. The first kappa shape index (κ1) is 22.7. The summed E-state index contributed by atoms with van der Waals surface area (Å²) in [6.07, 6.45) is 8.84. The summed E-state index contributed by atoms with van der Waals surface area (Å²) in [5.41, 5.74) is 2.07. The van der Waals surface area contributed by atoms with E-state index in [-0.39, 0.29) is 22.5 Å². The van der Waals surface area contributed by atoms with Crippen molar-refractivity contribution in [2.45, 2.75) is 72.3 Å². The lowest BCUT2D eigenvalue weighted by molar-refractivity contribution is 0.0950. The number of amides is 1. The van der Waals surface area contributed by atoms with Crippen LogP contribution in [0.3, 0.4) is 0 Å². The molecule has 0 aromatic carbocycles. The molecule has 7 nitrogen and oxygen atoms in total. The Morgan fingerprint density at radius 2 is 1.84 bits per heavy atom. The first-order chi connectivity index (χ1) is 15.0. The first-order valence-corrected chi connectivity index (χ1v) is 11.4. The van der Waals surface area contributed by atoms with Gasteiger partial charge in [-0.15, -0.1) is 0 Å². The van der Waals surface area contributed by atoms with E-state index in [1.54, 1.807) is 16.8 Å². The minimum Gasteiger partial charge on any atom is -0.352 e. The van der Waals surface area contributed by atoms with E-state index >= 15 is 0 Å². The quantitative estimate of drug-likeness (QED) is 0.382. The van der Waals surface area contributed by atoms with Crippen LogP contribution in [0.4, 0.5) is 0 Å². The summed E-state index contributed by atoms with van der Waals surface area (Å²) >= 11 is 0. The van der Waals surface area contributed by atoms with Gasteiger partial charge in [-0.1, -0.05) is 52.0 Å². The number of aryl methyl sites for hydroxylation is 2. The number of aromatic nitrogens is 3. The molecule has 0 fully saturated rings. The summed E-state index contributed by atoms with van der Waals surface area (Å²) in [4.78, 5) is 30.9. The SMILES string of the molecule is CCCCCCn1c(=N)c(C(=O)NCCCCC)cc2c(=O)n3cccc(C)c3nc21. The fraction of sp³-hybridized carbons (Fsp3) is 0.500. The lowest BCUT2D eigenvalue weighted by Crippen LogP contribution is -2.35. The molecule has 7 heteroatoms. The van der Waals surface area contributed by atoms with Gasteiger partial charge in [-0.25, -0.2) is 4.98 Å². The molecule has 0 unspecified atom stereocenters. The number of carbonyl (C=O) groups excluding carboxylic acids is 1. The standard InChI is InChI=1S/C24H33N5O2/c1-4-6-8-10-14-28-20(25)18(23(30)26-13-9-7-5-2)16-19-22(28)27-21-17(3)12-11-15-29(21)24(19)31/h11-12,15-16,25H,4-10,13-14H2,1-3H3,(H,26,30). The van der Waals surface area contributed by atoms with Gasteiger partial charge in [0.05, 0.1) is 10.9 Å². The maximum Gasteiger partial charge on any atom is 0.267 e. The van der Waals surface area contributed by atoms with Crippen LogP contribution in [-0.2, 0) is 6.54 Å². The Kier molecular flexibility index (Phi) is 7.60. The fourth-order valence-electron chi connectivity index (χ4n) is 3.86. The lowest BCUT2D eigenvalue weighted by Gasteiger charge is -2.15. The number of nitrogens with zero attached hydrogens (tertiary/aromatic N) is 3. The van der Waals surface area contributed by atoms with Crippen molar-refractivity contribution in [3.05, 3.63) is 51.4 Å². The average Bonchev–Trinajstić information content (AvgIpc) is 2.76. The molecule has 2 N–H and O–H groups in total. The topological polar surface area (TPSA) is 92.2 Å². The zero-order valence-corrected chi connectivity index (χ0v) is 18.8. The van der Waals surface area contributed by atoms with Gasteiger partial charge in [-0.05, 0) is 37.5 Å². The van der Waals surface area contributed by atoms with Crippen molar-refractivity contribution in [3.63, 3.8) is 0 Å². The van der Waals surface area contributed by atoms with Crippen molar-refractivity contribution in [1.82, 2.24) is 19.3 Å². The number of unbranched alkanes of at least 4 members (excludes halogenated alkanes) is 5. The highest BCUT2D eigenvalue weighted by atomic mass is 16.1. The zero-order chi connectivity index (χ0) is 22.4. The van der Waals surface area contributed by atoms with Gasteiger partial charge in [0.15, 0.2) is 0 Å². The van der Waals surface area contributed by atoms with Crippen molar-refractivity contribution in [2.24, 2.45) is 0 Å². The van der Waals surface area contributed by atoms with E-state index in [9.17, 15) is 9.59 Å². The van der Waals surface area contributed by atoms with Crippen LogP contribution in [0.25, 0.3) is 16.7 Å². The summed E-state index contributed by atoms with van der Waals surface area (Å²) in [5, 5.41) is 12.0. The predicted molar refractivity (Wildman–Crippen MR) is 124 cm³/mol. The summed E-state index contributed by atoms with van der Waals surface area (Å²) in [6, 6.07) is 5.27. The Bertz CT molecular complexity index is 1190. The molecule has 3 heterocycles. The largest absolute Gasteiger partial charge is 0.352 e. The molecule has 0 spiro atoms. The van der Waals surface area contributed by atoms with Gasteiger partial charge in [0.1, 0.15) is 16.8 Å². The highest BCUT2D eigenvalue weighted by Gasteiger charge is 2.17. The Labute approximate surface area is 182 Å². The Morgan fingerprint density at radius 1 is 1.10 bits per heavy atom. The summed E-state index contributed by atoms with van der Waals surface area (Å²) in [6.45, 7) is 7.30. The molecule has 0 aliphatic heterocycles. The Morgan fingerprint density at radius 3 is 2.58 bits per heavy atom. The number of hydrogen-bond acceptors (Lipinski definition) is 4. The Hall–Kier alpha value is -2.96. The molecule has 0 bridgehead atoms. The number of fused-ring (bicyclic) bond motifs is 2. The molecule has 0 atom stereocenters. The van der Waals surface area contributed by atoms with E-state index < -0.39 is 0 Å². The van der Waals surface area contributed by atoms with Crippen molar-refractivity contribution >= 4 is 22.6 Å². The molecule has 0 saturated carbocycles. The van der Waals surface area contributed by atoms with Crippen LogP contribution in [-0.4, -0.2) is 26.4 Å². The highest BCUT2D eigenvalue weighted by molar-refractivity contribution is 5.96. The highest BCUT2D eigenvalue weighted by Crippen LogP contribution is 2.14. The van der Waals surface area contributed by atoms with Crippen LogP contribution in [0, 0.1) is 12.3 Å². The summed E-state index contributed by atoms with van der Waals surface area (Å²) < 4.78 is 3.26. The number of rotatable bonds is 10. The molecule has 3 aromatic heterocycles. The second-order valence-electron chi connectivity index (χ2n) is 8.12. The third-order valence-corrected chi connectivity index (χ3v) is 5.68. The number of hydrogen-bond donors (Lipinski definition) is 2. The molecule has 0 aliphatic carbocycles. The molecular weight excluding hydrogens is 390 g/mol. The minimum absolute atomic E-state index is 0.113. The first-order valence-electron chi connectivity index (χ1n) is 11.4. The van der Waals surface area contributed by atoms with Gasteiger partial charge in [0.25, 0.3) is 11.5 Å². The Balaban J connectivity index is 2.14. The second-order valence-corrected chi connectivity index (χ2v) is 8.12. The van der Waals surface area contributed by atoms with Crippen molar-refractivity contribution in [3.8, 4) is 0 Å². The van der Waals surface area contributed by atoms with E-state index in [0.717, 1.165) is 50.5 Å². The second kappa shape index (κ2) is 10.4. The maximum atomic E-state index is 13.3. The zero-order valence-electron chi connectivity index (χ0n) is 18.8. The average molecular weight is 424 g/mol. The fourth-order valence-corrected chi connectivity index (χ4v) is 3.86. The molecule has 0 saturated heterocycles. The van der Waals surface area contributed by atoms with Crippen LogP contribution < -0.4 is 16.4 Å². The smallest absolute Gasteiger partial charge is 0.267 e. The van der Waals surface area contributed by atoms with Crippen molar-refractivity contribution in [2.75, 3.05) is 6.54 Å². The van der Waals surface area contributed by atoms with E-state index in [1.165, 1.54) is 4.40 Å². The van der Waals surface area contributed by atoms with Crippen LogP contribution in [0.5, 0.6) is 0 Å². The van der Waals surface area contributed by atoms with Gasteiger partial charge in [-0.3, -0.25) is 19.4 Å². The molecule has 0 radical (unpaired) electrons. The molecule has 3 aromatic rings. The normalized spacial score (nSPS) is 11.3. The van der Waals surface area contributed by atoms with E-state index in [2.05, 4.69) is 19.2 Å². The number of nitrogens with one attached hydrogen (secondary N) is 2. The van der Waals surface area contributed by atoms with Crippen molar-refractivity contribution in [1.29, 1.82) is 5.41 Å². The number of carbonyl (C=O) groups is 1. The van der Waals surface area contributed by atoms with Crippen LogP contribution in [0.2, 0.25) is 0 Å². The lowest BCUT2D eigenvalue weighted by atomic mass is 10.1. The van der Waals surface area contributed by atoms with Gasteiger partial charge >= 0.3 is 0 Å². The molecule has 31 heavy (non-hydrogen) atoms. The third kappa shape index (κ3) is 4.86. The molecular formula is C24H33N5O2. The van der Waals surface area contributed by atoms with Crippen LogP contribution in [0.1, 0.15) is 74.7 Å². The van der Waals surface area contributed by atoms with Gasteiger partial charge in [0, 0.05) is 19.3 Å². The van der Waals surface area contributed by atoms with Gasteiger partial charge in [0.2, 0.25) is 0 Å². The van der Waals surface area contributed by atoms with Crippen LogP contribution >= 0.6 is 0 Å². The maximum absolute atomic E-state index is 13.3. The summed E-state index contributed by atoms with van der Waals surface area (Å²) in [7, 11) is 0. The number of pyridine rings is 2. The van der Waals surface area contributed by atoms with E-state index in [1.807, 2.05) is 19.1 Å². The predicted octanol–water partition coefficient (Wildman–Crippen LogP) is 3.94. The third-order valence-electron chi connectivity index (χ3n) is 5.68. The minimum atomic E-state index is -0.306. The van der Waals surface area contributed by atoms with Gasteiger partial charge < -0.3 is 9.88 Å². The monoisotopic (exact) mass is 423 g/mol. The molecule has 0 aliphatic rings. The van der Waals surface area contributed by atoms with E-state index in [4.69, 9.17) is 10.4 Å². The van der Waals surface area contributed by atoms with Gasteiger partial charge in [-0.2, -0.15) is 0 Å². The summed E-state index contributed by atoms with van der Waals surface area (Å²) in [5.74, 6) is -0.306. The van der Waals surface area contributed by atoms with E-state index in [0.29, 0.717) is 29.8 Å².